The molecule has 0 N–H and O–H groups in total. The van der Waals surface area contributed by atoms with E-state index in [1.54, 1.807) is 41.8 Å². The molecule has 0 unspecified atom stereocenters. The van der Waals surface area contributed by atoms with Gasteiger partial charge in [0.15, 0.2) is 11.0 Å². The van der Waals surface area contributed by atoms with Crippen molar-refractivity contribution in [1.29, 1.82) is 0 Å². The SMILES string of the molecule is Cc1nc(CSc2nnc(-c3cccnc3)n2Cc2ccco2)cs1. The number of thiazole rings is 1. The molecule has 6 nitrogen and oxygen atoms in total. The van der Waals surface area contributed by atoms with E-state index in [1.807, 2.05) is 31.2 Å². The van der Waals surface area contributed by atoms with Gasteiger partial charge in [-0.05, 0) is 31.2 Å². The fraction of sp³-hybridized carbons (Fsp3) is 0.176. The van der Waals surface area contributed by atoms with Crippen LogP contribution in [0.2, 0.25) is 0 Å². The van der Waals surface area contributed by atoms with E-state index < -0.39 is 0 Å². The van der Waals surface area contributed by atoms with Crippen LogP contribution in [0, 0.1) is 6.92 Å². The van der Waals surface area contributed by atoms with Crippen molar-refractivity contribution in [3.05, 3.63) is 64.8 Å². The van der Waals surface area contributed by atoms with Crippen LogP contribution in [0.25, 0.3) is 11.4 Å². The number of furan rings is 1. The molecule has 4 aromatic rings. The fourth-order valence-electron chi connectivity index (χ4n) is 2.42. The molecule has 0 aliphatic heterocycles. The average Bonchev–Trinajstić information content (AvgIpc) is 3.36. The number of nitrogens with zero attached hydrogens (tertiary/aromatic N) is 5. The second kappa shape index (κ2) is 7.20. The quantitative estimate of drug-likeness (QED) is 0.478. The van der Waals surface area contributed by atoms with Gasteiger partial charge >= 0.3 is 0 Å². The first-order valence-electron chi connectivity index (χ1n) is 7.69. The van der Waals surface area contributed by atoms with Crippen LogP contribution in [0.15, 0.2) is 57.9 Å². The van der Waals surface area contributed by atoms with Crippen LogP contribution >= 0.6 is 23.1 Å². The molecule has 0 saturated heterocycles. The Morgan fingerprint density at radius 3 is 2.92 bits per heavy atom. The predicted octanol–water partition coefficient (Wildman–Crippen LogP) is 4.04. The molecule has 0 amide bonds. The zero-order valence-electron chi connectivity index (χ0n) is 13.5. The molecule has 0 fully saturated rings. The van der Waals surface area contributed by atoms with E-state index in [1.165, 1.54) is 0 Å². The summed E-state index contributed by atoms with van der Waals surface area (Å²) >= 11 is 3.28. The standard InChI is InChI=1S/C17H15N5OS2/c1-12-19-14(10-24-12)11-25-17-21-20-16(13-4-2-6-18-8-13)22(17)9-15-5-3-7-23-15/h2-8,10H,9,11H2,1H3. The summed E-state index contributed by atoms with van der Waals surface area (Å²) in [5, 5.41) is 12.7. The van der Waals surface area contributed by atoms with E-state index in [4.69, 9.17) is 4.42 Å². The Labute approximate surface area is 153 Å². The number of thioether (sulfide) groups is 1. The Morgan fingerprint density at radius 2 is 2.20 bits per heavy atom. The van der Waals surface area contributed by atoms with E-state index >= 15 is 0 Å². The minimum atomic E-state index is 0.572. The molecular weight excluding hydrogens is 354 g/mol. The molecule has 126 valence electrons. The number of aromatic nitrogens is 5. The van der Waals surface area contributed by atoms with Crippen LogP contribution in [0.5, 0.6) is 0 Å². The van der Waals surface area contributed by atoms with E-state index in [0.29, 0.717) is 6.54 Å². The Kier molecular flexibility index (Phi) is 4.62. The first-order valence-corrected chi connectivity index (χ1v) is 9.56. The van der Waals surface area contributed by atoms with Crippen molar-refractivity contribution in [2.45, 2.75) is 24.4 Å². The van der Waals surface area contributed by atoms with Crippen molar-refractivity contribution in [3.8, 4) is 11.4 Å². The molecule has 0 spiro atoms. The molecule has 8 heteroatoms. The summed E-state index contributed by atoms with van der Waals surface area (Å²) in [5.74, 6) is 2.39. The van der Waals surface area contributed by atoms with Crippen LogP contribution in [-0.4, -0.2) is 24.7 Å². The molecule has 0 saturated carbocycles. The third-order valence-electron chi connectivity index (χ3n) is 3.55. The monoisotopic (exact) mass is 369 g/mol. The van der Waals surface area contributed by atoms with Gasteiger partial charge in [-0.25, -0.2) is 4.98 Å². The maximum absolute atomic E-state index is 5.51. The van der Waals surface area contributed by atoms with Crippen molar-refractivity contribution in [3.63, 3.8) is 0 Å². The summed E-state index contributed by atoms with van der Waals surface area (Å²) in [7, 11) is 0. The number of pyridine rings is 1. The van der Waals surface area contributed by atoms with Gasteiger partial charge in [-0.1, -0.05) is 11.8 Å². The molecule has 4 heterocycles. The lowest BCUT2D eigenvalue weighted by Crippen LogP contribution is -2.03. The molecule has 4 rings (SSSR count). The van der Waals surface area contributed by atoms with Gasteiger partial charge < -0.3 is 4.42 Å². The van der Waals surface area contributed by atoms with Gasteiger partial charge in [0.2, 0.25) is 0 Å². The highest BCUT2D eigenvalue weighted by Crippen LogP contribution is 2.27. The van der Waals surface area contributed by atoms with Crippen molar-refractivity contribution in [1.82, 2.24) is 24.7 Å². The highest BCUT2D eigenvalue weighted by atomic mass is 32.2. The maximum Gasteiger partial charge on any atom is 0.192 e. The third kappa shape index (κ3) is 3.64. The van der Waals surface area contributed by atoms with E-state index in [0.717, 1.165) is 38.8 Å². The first-order chi connectivity index (χ1) is 12.3. The summed E-state index contributed by atoms with van der Waals surface area (Å²) in [6.07, 6.45) is 5.21. The van der Waals surface area contributed by atoms with Crippen molar-refractivity contribution in [2.75, 3.05) is 0 Å². The first kappa shape index (κ1) is 16.0. The van der Waals surface area contributed by atoms with Crippen LogP contribution < -0.4 is 0 Å². The molecule has 4 aromatic heterocycles. The van der Waals surface area contributed by atoms with E-state index in [9.17, 15) is 0 Å². The maximum atomic E-state index is 5.51. The van der Waals surface area contributed by atoms with E-state index in [2.05, 4.69) is 30.1 Å². The van der Waals surface area contributed by atoms with Crippen LogP contribution in [0.4, 0.5) is 0 Å². The molecule has 0 radical (unpaired) electrons. The topological polar surface area (TPSA) is 69.6 Å². The zero-order valence-corrected chi connectivity index (χ0v) is 15.1. The summed E-state index contributed by atoms with van der Waals surface area (Å²) in [6.45, 7) is 2.58. The fourth-order valence-corrected chi connectivity index (χ4v) is 3.97. The van der Waals surface area contributed by atoms with Crippen molar-refractivity contribution < 1.29 is 4.42 Å². The van der Waals surface area contributed by atoms with Crippen LogP contribution in [0.1, 0.15) is 16.5 Å². The summed E-state index contributed by atoms with van der Waals surface area (Å²) in [4.78, 5) is 8.69. The van der Waals surface area contributed by atoms with Crippen LogP contribution in [-0.2, 0) is 12.3 Å². The van der Waals surface area contributed by atoms with Gasteiger partial charge in [0.05, 0.1) is 23.5 Å². The largest absolute Gasteiger partial charge is 0.467 e. The second-order valence-electron chi connectivity index (χ2n) is 5.36. The minimum absolute atomic E-state index is 0.572. The number of hydrogen-bond acceptors (Lipinski definition) is 7. The molecule has 0 aliphatic carbocycles. The lowest BCUT2D eigenvalue weighted by atomic mass is 10.2. The second-order valence-corrected chi connectivity index (χ2v) is 7.36. The van der Waals surface area contributed by atoms with E-state index in [-0.39, 0.29) is 0 Å². The minimum Gasteiger partial charge on any atom is -0.467 e. The highest BCUT2D eigenvalue weighted by Gasteiger charge is 2.16. The smallest absolute Gasteiger partial charge is 0.192 e. The van der Waals surface area contributed by atoms with Crippen molar-refractivity contribution in [2.24, 2.45) is 0 Å². The van der Waals surface area contributed by atoms with Gasteiger partial charge in [-0.2, -0.15) is 0 Å². The Morgan fingerprint density at radius 1 is 1.24 bits per heavy atom. The highest BCUT2D eigenvalue weighted by molar-refractivity contribution is 7.98. The number of aryl methyl sites for hydroxylation is 1. The Bertz CT molecular complexity index is 947. The number of rotatable bonds is 6. The van der Waals surface area contributed by atoms with Gasteiger partial charge in [-0.3, -0.25) is 9.55 Å². The molecule has 0 aliphatic rings. The van der Waals surface area contributed by atoms with Gasteiger partial charge in [0.25, 0.3) is 0 Å². The molecule has 25 heavy (non-hydrogen) atoms. The lowest BCUT2D eigenvalue weighted by Gasteiger charge is -2.08. The number of hydrogen-bond donors (Lipinski definition) is 0. The van der Waals surface area contributed by atoms with Crippen LogP contribution in [0.3, 0.4) is 0 Å². The summed E-state index contributed by atoms with van der Waals surface area (Å²) in [5.41, 5.74) is 1.99. The van der Waals surface area contributed by atoms with Crippen molar-refractivity contribution >= 4 is 23.1 Å². The summed E-state index contributed by atoms with van der Waals surface area (Å²) < 4.78 is 7.56. The van der Waals surface area contributed by atoms with Gasteiger partial charge in [-0.15, -0.1) is 21.5 Å². The molecular formula is C17H15N5OS2. The summed E-state index contributed by atoms with van der Waals surface area (Å²) in [6, 6.07) is 7.71. The van der Waals surface area contributed by atoms with Gasteiger partial charge in [0.1, 0.15) is 5.76 Å². The predicted molar refractivity (Wildman–Crippen MR) is 97.5 cm³/mol. The average molecular weight is 369 g/mol. The zero-order chi connectivity index (χ0) is 17.1. The normalized spacial score (nSPS) is 11.1. The Balaban J connectivity index is 1.64. The van der Waals surface area contributed by atoms with Gasteiger partial charge in [0, 0.05) is 29.1 Å². The third-order valence-corrected chi connectivity index (χ3v) is 5.37. The molecule has 0 aromatic carbocycles. The Hall–Kier alpha value is -2.45. The molecule has 0 atom stereocenters. The lowest BCUT2D eigenvalue weighted by molar-refractivity contribution is 0.485. The molecule has 0 bridgehead atoms.